The van der Waals surface area contributed by atoms with Crippen molar-refractivity contribution in [3.63, 3.8) is 0 Å². The number of nitrogens with zero attached hydrogens (tertiary/aromatic N) is 1. The molecule has 0 amide bonds. The summed E-state index contributed by atoms with van der Waals surface area (Å²) in [6, 6.07) is 2.12. The molecule has 0 aromatic heterocycles. The standard InChI is InChI=1S/C9H15NO2/c1-3-5-9(4-2,7-10)6-8(11)12/h3-6H2,1-2H3,(H,11,12). The maximum Gasteiger partial charge on any atom is 0.304 e. The van der Waals surface area contributed by atoms with Crippen LogP contribution in [0.2, 0.25) is 0 Å². The Labute approximate surface area is 73.0 Å². The quantitative estimate of drug-likeness (QED) is 0.686. The first-order chi connectivity index (χ1) is 5.60. The van der Waals surface area contributed by atoms with Gasteiger partial charge >= 0.3 is 5.97 Å². The zero-order valence-electron chi connectivity index (χ0n) is 7.63. The number of rotatable bonds is 5. The van der Waals surface area contributed by atoms with Gasteiger partial charge in [0, 0.05) is 0 Å². The number of carboxylic acid groups (broad SMARTS) is 1. The molecule has 0 spiro atoms. The molecule has 68 valence electrons. The maximum absolute atomic E-state index is 10.5. The predicted octanol–water partition coefficient (Wildman–Crippen LogP) is 2.18. The van der Waals surface area contributed by atoms with Crippen LogP contribution in [0, 0.1) is 16.7 Å². The van der Waals surface area contributed by atoms with E-state index in [-0.39, 0.29) is 6.42 Å². The Hall–Kier alpha value is -1.04. The van der Waals surface area contributed by atoms with Gasteiger partial charge < -0.3 is 5.11 Å². The summed E-state index contributed by atoms with van der Waals surface area (Å²) in [5, 5.41) is 17.4. The zero-order chi connectivity index (χ0) is 9.61. The number of nitriles is 1. The van der Waals surface area contributed by atoms with Crippen LogP contribution in [0.3, 0.4) is 0 Å². The third-order valence-corrected chi connectivity index (χ3v) is 2.13. The fourth-order valence-corrected chi connectivity index (χ4v) is 1.33. The number of carboxylic acids is 1. The number of hydrogen-bond donors (Lipinski definition) is 1. The highest BCUT2D eigenvalue weighted by Gasteiger charge is 2.29. The fourth-order valence-electron chi connectivity index (χ4n) is 1.33. The lowest BCUT2D eigenvalue weighted by molar-refractivity contribution is -0.139. The van der Waals surface area contributed by atoms with Gasteiger partial charge in [-0.15, -0.1) is 0 Å². The van der Waals surface area contributed by atoms with Crippen molar-refractivity contribution in [3.8, 4) is 6.07 Å². The summed E-state index contributed by atoms with van der Waals surface area (Å²) in [4.78, 5) is 10.5. The van der Waals surface area contributed by atoms with E-state index in [1.165, 1.54) is 0 Å². The van der Waals surface area contributed by atoms with Crippen LogP contribution < -0.4 is 0 Å². The molecule has 0 aliphatic heterocycles. The second-order valence-corrected chi connectivity index (χ2v) is 3.07. The molecule has 0 radical (unpaired) electrons. The monoisotopic (exact) mass is 169 g/mol. The predicted molar refractivity (Wildman–Crippen MR) is 45.5 cm³/mol. The summed E-state index contributed by atoms with van der Waals surface area (Å²) < 4.78 is 0. The molecule has 0 aliphatic rings. The Morgan fingerprint density at radius 1 is 1.58 bits per heavy atom. The van der Waals surface area contributed by atoms with Crippen molar-refractivity contribution in [1.82, 2.24) is 0 Å². The Balaban J connectivity index is 4.37. The van der Waals surface area contributed by atoms with Crippen LogP contribution in [0.1, 0.15) is 39.5 Å². The Bertz CT molecular complexity index is 195. The molecular weight excluding hydrogens is 154 g/mol. The van der Waals surface area contributed by atoms with E-state index in [1.807, 2.05) is 13.8 Å². The van der Waals surface area contributed by atoms with E-state index in [4.69, 9.17) is 10.4 Å². The highest BCUT2D eigenvalue weighted by atomic mass is 16.4. The van der Waals surface area contributed by atoms with Crippen molar-refractivity contribution >= 4 is 5.97 Å². The van der Waals surface area contributed by atoms with Crippen LogP contribution in [0.4, 0.5) is 0 Å². The van der Waals surface area contributed by atoms with Gasteiger partial charge in [-0.2, -0.15) is 5.26 Å². The van der Waals surface area contributed by atoms with E-state index in [0.29, 0.717) is 12.8 Å². The third kappa shape index (κ3) is 2.91. The van der Waals surface area contributed by atoms with Gasteiger partial charge in [0.2, 0.25) is 0 Å². The van der Waals surface area contributed by atoms with Gasteiger partial charge in [0.25, 0.3) is 0 Å². The van der Waals surface area contributed by atoms with E-state index in [2.05, 4.69) is 6.07 Å². The average Bonchev–Trinajstić information content (AvgIpc) is 2.03. The molecule has 0 saturated heterocycles. The summed E-state index contributed by atoms with van der Waals surface area (Å²) in [7, 11) is 0. The zero-order valence-corrected chi connectivity index (χ0v) is 7.63. The van der Waals surface area contributed by atoms with Gasteiger partial charge in [0.1, 0.15) is 0 Å². The van der Waals surface area contributed by atoms with E-state index in [9.17, 15) is 4.79 Å². The van der Waals surface area contributed by atoms with Gasteiger partial charge in [-0.3, -0.25) is 4.79 Å². The van der Waals surface area contributed by atoms with Crippen LogP contribution in [0.5, 0.6) is 0 Å². The Morgan fingerprint density at radius 2 is 2.17 bits per heavy atom. The molecule has 0 fully saturated rings. The normalized spacial score (nSPS) is 14.8. The van der Waals surface area contributed by atoms with Gasteiger partial charge in [0.05, 0.1) is 17.9 Å². The van der Waals surface area contributed by atoms with Crippen molar-refractivity contribution in [2.75, 3.05) is 0 Å². The number of hydrogen-bond acceptors (Lipinski definition) is 2. The van der Waals surface area contributed by atoms with Crippen LogP contribution in [-0.2, 0) is 4.79 Å². The van der Waals surface area contributed by atoms with Crippen LogP contribution in [0.15, 0.2) is 0 Å². The van der Waals surface area contributed by atoms with E-state index < -0.39 is 11.4 Å². The van der Waals surface area contributed by atoms with Crippen molar-refractivity contribution in [2.24, 2.45) is 5.41 Å². The minimum atomic E-state index is -0.883. The van der Waals surface area contributed by atoms with E-state index in [0.717, 1.165) is 6.42 Å². The van der Waals surface area contributed by atoms with Crippen molar-refractivity contribution in [1.29, 1.82) is 5.26 Å². The number of aliphatic carboxylic acids is 1. The first-order valence-electron chi connectivity index (χ1n) is 4.23. The van der Waals surface area contributed by atoms with Crippen molar-refractivity contribution < 1.29 is 9.90 Å². The molecule has 1 unspecified atom stereocenters. The molecule has 0 rings (SSSR count). The molecule has 1 N–H and O–H groups in total. The topological polar surface area (TPSA) is 61.1 Å². The molecule has 0 bridgehead atoms. The summed E-state index contributed by atoms with van der Waals surface area (Å²) in [5.74, 6) is -0.883. The molecule has 0 aromatic carbocycles. The molecule has 3 nitrogen and oxygen atoms in total. The van der Waals surface area contributed by atoms with Gasteiger partial charge in [-0.05, 0) is 12.8 Å². The van der Waals surface area contributed by atoms with Crippen LogP contribution in [0.25, 0.3) is 0 Å². The summed E-state index contributed by atoms with van der Waals surface area (Å²) in [6.07, 6.45) is 2.11. The summed E-state index contributed by atoms with van der Waals surface area (Å²) in [5.41, 5.74) is -0.638. The van der Waals surface area contributed by atoms with Gasteiger partial charge in [0.15, 0.2) is 0 Å². The third-order valence-electron chi connectivity index (χ3n) is 2.13. The van der Waals surface area contributed by atoms with E-state index >= 15 is 0 Å². The molecule has 0 heterocycles. The molecule has 0 aromatic rings. The smallest absolute Gasteiger partial charge is 0.304 e. The highest BCUT2D eigenvalue weighted by Crippen LogP contribution is 2.30. The first kappa shape index (κ1) is 11.0. The van der Waals surface area contributed by atoms with Gasteiger partial charge in [-0.1, -0.05) is 20.3 Å². The first-order valence-corrected chi connectivity index (χ1v) is 4.23. The lowest BCUT2D eigenvalue weighted by Gasteiger charge is -2.21. The largest absolute Gasteiger partial charge is 0.481 e. The highest BCUT2D eigenvalue weighted by molar-refractivity contribution is 5.68. The Morgan fingerprint density at radius 3 is 2.42 bits per heavy atom. The summed E-state index contributed by atoms with van der Waals surface area (Å²) >= 11 is 0. The molecule has 12 heavy (non-hydrogen) atoms. The molecule has 3 heteroatoms. The summed E-state index contributed by atoms with van der Waals surface area (Å²) in [6.45, 7) is 3.82. The molecule has 1 atom stereocenters. The SMILES string of the molecule is CCCC(C#N)(CC)CC(=O)O. The Kier molecular flexibility index (Phi) is 4.35. The van der Waals surface area contributed by atoms with E-state index in [1.54, 1.807) is 0 Å². The van der Waals surface area contributed by atoms with Crippen LogP contribution >= 0.6 is 0 Å². The molecular formula is C9H15NO2. The van der Waals surface area contributed by atoms with Crippen molar-refractivity contribution in [3.05, 3.63) is 0 Å². The lowest BCUT2D eigenvalue weighted by atomic mass is 9.79. The van der Waals surface area contributed by atoms with Gasteiger partial charge in [-0.25, -0.2) is 0 Å². The minimum absolute atomic E-state index is 0.0339. The van der Waals surface area contributed by atoms with Crippen LogP contribution in [-0.4, -0.2) is 11.1 Å². The second kappa shape index (κ2) is 4.76. The minimum Gasteiger partial charge on any atom is -0.481 e. The number of carbonyl (C=O) groups is 1. The average molecular weight is 169 g/mol. The maximum atomic E-state index is 10.5. The molecule has 0 saturated carbocycles. The molecule has 0 aliphatic carbocycles. The lowest BCUT2D eigenvalue weighted by Crippen LogP contribution is -2.21. The second-order valence-electron chi connectivity index (χ2n) is 3.07. The van der Waals surface area contributed by atoms with Crippen molar-refractivity contribution in [2.45, 2.75) is 39.5 Å². The fraction of sp³-hybridized carbons (Fsp3) is 0.778.